The van der Waals surface area contributed by atoms with Gasteiger partial charge in [0.25, 0.3) is 0 Å². The lowest BCUT2D eigenvalue weighted by Crippen LogP contribution is -2.42. The van der Waals surface area contributed by atoms with Gasteiger partial charge in [-0.15, -0.1) is 0 Å². The van der Waals surface area contributed by atoms with Crippen molar-refractivity contribution >= 4 is 5.82 Å². The highest BCUT2D eigenvalue weighted by molar-refractivity contribution is 5.38. The number of hydrogen-bond acceptors (Lipinski definition) is 4. The molecule has 1 aliphatic rings. The maximum atomic E-state index is 12.8. The van der Waals surface area contributed by atoms with Gasteiger partial charge in [0.1, 0.15) is 11.5 Å². The summed E-state index contributed by atoms with van der Waals surface area (Å²) in [4.78, 5) is 7.94. The number of halogens is 3. The minimum Gasteiger partial charge on any atom is -0.393 e. The predicted octanol–water partition coefficient (Wildman–Crippen LogP) is 3.29. The number of aliphatic hydroxyl groups excluding tert-OH is 1. The van der Waals surface area contributed by atoms with Crippen molar-refractivity contribution in [2.45, 2.75) is 37.6 Å². The lowest BCUT2D eigenvalue weighted by molar-refractivity contribution is -0.141. The lowest BCUT2D eigenvalue weighted by Gasteiger charge is -2.38. The van der Waals surface area contributed by atoms with E-state index >= 15 is 0 Å². The standard InChI is InChI=1S/C17H18F3N3O/c18-17(19,20)15-5-3-6-16(23-15)22-14(11-8-13(24)9-11)10-12-4-1-2-7-21-12/h1-7,11,13-14,24H,8-10H2,(H,22,23)/t11?,13?,14-/m0/s1. The van der Waals surface area contributed by atoms with E-state index in [0.29, 0.717) is 19.3 Å². The zero-order valence-electron chi connectivity index (χ0n) is 12.9. The van der Waals surface area contributed by atoms with Gasteiger partial charge in [-0.3, -0.25) is 4.98 Å². The zero-order chi connectivity index (χ0) is 17.2. The van der Waals surface area contributed by atoms with E-state index in [1.807, 2.05) is 18.2 Å². The Morgan fingerprint density at radius 2 is 1.96 bits per heavy atom. The molecule has 3 rings (SSSR count). The number of pyridine rings is 2. The van der Waals surface area contributed by atoms with E-state index in [1.54, 1.807) is 6.20 Å². The molecule has 0 aliphatic heterocycles. The third-order valence-electron chi connectivity index (χ3n) is 4.25. The summed E-state index contributed by atoms with van der Waals surface area (Å²) in [5.41, 5.74) is -0.0684. The second-order valence-corrected chi connectivity index (χ2v) is 6.07. The first-order valence-corrected chi connectivity index (χ1v) is 7.80. The van der Waals surface area contributed by atoms with Crippen molar-refractivity contribution in [2.75, 3.05) is 5.32 Å². The Kier molecular flexibility index (Phi) is 4.71. The molecule has 2 N–H and O–H groups in total. The smallest absolute Gasteiger partial charge is 0.393 e. The molecule has 0 radical (unpaired) electrons. The van der Waals surface area contributed by atoms with E-state index in [9.17, 15) is 18.3 Å². The number of nitrogens with one attached hydrogen (secondary N) is 1. The van der Waals surface area contributed by atoms with E-state index in [1.165, 1.54) is 12.1 Å². The second-order valence-electron chi connectivity index (χ2n) is 6.07. The van der Waals surface area contributed by atoms with Crippen molar-refractivity contribution < 1.29 is 18.3 Å². The quantitative estimate of drug-likeness (QED) is 0.879. The summed E-state index contributed by atoms with van der Waals surface area (Å²) in [5.74, 6) is 0.366. The van der Waals surface area contributed by atoms with Crippen molar-refractivity contribution in [1.82, 2.24) is 9.97 Å². The first-order chi connectivity index (χ1) is 11.4. The molecule has 0 aromatic carbocycles. The van der Waals surface area contributed by atoms with Crippen LogP contribution in [0.3, 0.4) is 0 Å². The van der Waals surface area contributed by atoms with Gasteiger partial charge in [-0.2, -0.15) is 13.2 Å². The zero-order valence-corrected chi connectivity index (χ0v) is 12.9. The van der Waals surface area contributed by atoms with Crippen LogP contribution in [0.4, 0.5) is 19.0 Å². The highest BCUT2D eigenvalue weighted by Gasteiger charge is 2.35. The number of rotatable bonds is 5. The Hall–Kier alpha value is -2.15. The Balaban J connectivity index is 1.76. The molecule has 1 aliphatic carbocycles. The lowest BCUT2D eigenvalue weighted by atomic mass is 9.76. The van der Waals surface area contributed by atoms with Crippen molar-refractivity contribution in [1.29, 1.82) is 0 Å². The summed E-state index contributed by atoms with van der Waals surface area (Å²) >= 11 is 0. The van der Waals surface area contributed by atoms with Gasteiger partial charge < -0.3 is 10.4 Å². The predicted molar refractivity (Wildman–Crippen MR) is 83.3 cm³/mol. The highest BCUT2D eigenvalue weighted by atomic mass is 19.4. The third-order valence-corrected chi connectivity index (χ3v) is 4.25. The number of aliphatic hydroxyl groups is 1. The number of anilines is 1. The van der Waals surface area contributed by atoms with Gasteiger partial charge in [-0.1, -0.05) is 12.1 Å². The Labute approximate surface area is 137 Å². The molecule has 7 heteroatoms. The molecule has 1 saturated carbocycles. The number of hydrogen-bond donors (Lipinski definition) is 2. The van der Waals surface area contributed by atoms with Gasteiger partial charge in [0.15, 0.2) is 0 Å². The van der Waals surface area contributed by atoms with Crippen LogP contribution in [0.15, 0.2) is 42.6 Å². The molecule has 2 aromatic heterocycles. The Bertz CT molecular complexity index is 672. The van der Waals surface area contributed by atoms with Gasteiger partial charge in [-0.25, -0.2) is 4.98 Å². The van der Waals surface area contributed by atoms with Crippen molar-refractivity contribution in [2.24, 2.45) is 5.92 Å². The average Bonchev–Trinajstić information content (AvgIpc) is 2.52. The molecular formula is C17H18F3N3O. The van der Waals surface area contributed by atoms with Crippen LogP contribution in [0.5, 0.6) is 0 Å². The van der Waals surface area contributed by atoms with Crippen LogP contribution in [0.25, 0.3) is 0 Å². The number of alkyl halides is 3. The van der Waals surface area contributed by atoms with Crippen LogP contribution in [0.2, 0.25) is 0 Å². The summed E-state index contributed by atoms with van der Waals surface area (Å²) in [5, 5.41) is 12.6. The molecule has 0 bridgehead atoms. The largest absolute Gasteiger partial charge is 0.433 e. The van der Waals surface area contributed by atoms with Crippen LogP contribution in [0, 0.1) is 5.92 Å². The molecule has 2 heterocycles. The molecule has 1 fully saturated rings. The van der Waals surface area contributed by atoms with Crippen LogP contribution >= 0.6 is 0 Å². The van der Waals surface area contributed by atoms with Crippen molar-refractivity contribution in [3.8, 4) is 0 Å². The van der Waals surface area contributed by atoms with E-state index in [0.717, 1.165) is 11.8 Å². The molecule has 2 aromatic rings. The van der Waals surface area contributed by atoms with Crippen LogP contribution in [0.1, 0.15) is 24.2 Å². The van der Waals surface area contributed by atoms with Gasteiger partial charge in [-0.05, 0) is 43.0 Å². The average molecular weight is 337 g/mol. The topological polar surface area (TPSA) is 58.0 Å². The van der Waals surface area contributed by atoms with E-state index in [4.69, 9.17) is 0 Å². The first-order valence-electron chi connectivity index (χ1n) is 7.80. The number of nitrogens with zero attached hydrogens (tertiary/aromatic N) is 2. The second kappa shape index (κ2) is 6.76. The van der Waals surface area contributed by atoms with Crippen molar-refractivity contribution in [3.63, 3.8) is 0 Å². The van der Waals surface area contributed by atoms with Gasteiger partial charge in [0, 0.05) is 24.4 Å². The molecular weight excluding hydrogens is 319 g/mol. The van der Waals surface area contributed by atoms with Gasteiger partial charge >= 0.3 is 6.18 Å². The summed E-state index contributed by atoms with van der Waals surface area (Å²) in [6, 6.07) is 9.25. The summed E-state index contributed by atoms with van der Waals surface area (Å²) < 4.78 is 38.4. The monoisotopic (exact) mass is 337 g/mol. The molecule has 0 amide bonds. The normalized spacial score (nSPS) is 21.8. The molecule has 24 heavy (non-hydrogen) atoms. The van der Waals surface area contributed by atoms with E-state index in [2.05, 4.69) is 15.3 Å². The van der Waals surface area contributed by atoms with Gasteiger partial charge in [0.2, 0.25) is 0 Å². The minimum atomic E-state index is -4.47. The fourth-order valence-electron chi connectivity index (χ4n) is 2.90. The molecule has 0 spiro atoms. The van der Waals surface area contributed by atoms with Gasteiger partial charge in [0.05, 0.1) is 6.10 Å². The Morgan fingerprint density at radius 1 is 1.17 bits per heavy atom. The molecule has 128 valence electrons. The minimum absolute atomic E-state index is 0.126. The maximum Gasteiger partial charge on any atom is 0.433 e. The molecule has 0 saturated heterocycles. The summed E-state index contributed by atoms with van der Waals surface area (Å²) in [6.07, 6.45) is -1.30. The van der Waals surface area contributed by atoms with E-state index in [-0.39, 0.29) is 23.9 Å². The summed E-state index contributed by atoms with van der Waals surface area (Å²) in [7, 11) is 0. The summed E-state index contributed by atoms with van der Waals surface area (Å²) in [6.45, 7) is 0. The van der Waals surface area contributed by atoms with Crippen LogP contribution in [-0.4, -0.2) is 27.2 Å². The van der Waals surface area contributed by atoms with E-state index < -0.39 is 11.9 Å². The maximum absolute atomic E-state index is 12.8. The van der Waals surface area contributed by atoms with Crippen LogP contribution in [-0.2, 0) is 12.6 Å². The highest BCUT2D eigenvalue weighted by Crippen LogP contribution is 2.34. The first kappa shape index (κ1) is 16.7. The molecule has 4 nitrogen and oxygen atoms in total. The fourth-order valence-corrected chi connectivity index (χ4v) is 2.90. The SMILES string of the molecule is OC1CC([C@H](Cc2ccccn2)Nc2cccc(C(F)(F)F)n2)C1. The third kappa shape index (κ3) is 4.03. The van der Waals surface area contributed by atoms with Crippen molar-refractivity contribution in [3.05, 3.63) is 54.0 Å². The fraction of sp³-hybridized carbons (Fsp3) is 0.412. The Morgan fingerprint density at radius 3 is 2.58 bits per heavy atom. The molecule has 0 unspecified atom stereocenters. The molecule has 1 atom stereocenters. The number of aromatic nitrogens is 2. The van der Waals surface area contributed by atoms with Crippen LogP contribution < -0.4 is 5.32 Å².